The largest absolute Gasteiger partial charge is 0.356 e. The second kappa shape index (κ2) is 16.7. The Morgan fingerprint density at radius 1 is 0.541 bits per heavy atom. The van der Waals surface area contributed by atoms with Crippen LogP contribution in [0.15, 0.2) is 184 Å². The van der Waals surface area contributed by atoms with E-state index in [4.69, 9.17) is 0 Å². The molecule has 0 spiro atoms. The van der Waals surface area contributed by atoms with E-state index in [1.165, 1.54) is 0 Å². The van der Waals surface area contributed by atoms with Gasteiger partial charge in [-0.25, -0.2) is 0 Å². The highest BCUT2D eigenvalue weighted by Crippen LogP contribution is 2.22. The summed E-state index contributed by atoms with van der Waals surface area (Å²) in [6.07, 6.45) is 30.8. The first-order valence-electron chi connectivity index (χ1n) is 12.0. The van der Waals surface area contributed by atoms with Gasteiger partial charge in [-0.1, -0.05) is 154 Å². The third kappa shape index (κ3) is 10.5. The number of rotatable bonds is 14. The Morgan fingerprint density at radius 3 is 1.76 bits per heavy atom. The average molecular weight is 482 g/mol. The first kappa shape index (κ1) is 28.4. The summed E-state index contributed by atoms with van der Waals surface area (Å²) in [5.41, 5.74) is 7.33. The smallest absolute Gasteiger partial charge is 0.0384 e. The van der Waals surface area contributed by atoms with E-state index >= 15 is 0 Å². The third-order valence-corrected chi connectivity index (χ3v) is 5.21. The molecule has 0 saturated carbocycles. The average Bonchev–Trinajstić information content (AvgIpc) is 2.93. The number of hydrogen-bond acceptors (Lipinski definition) is 1. The van der Waals surface area contributed by atoms with Crippen LogP contribution in [0, 0.1) is 0 Å². The highest BCUT2D eigenvalue weighted by Gasteiger charge is 1.99. The van der Waals surface area contributed by atoms with Crippen molar-refractivity contribution in [2.45, 2.75) is 0 Å². The molecule has 2 rings (SSSR count). The summed E-state index contributed by atoms with van der Waals surface area (Å²) in [4.78, 5) is 0. The number of nitrogens with one attached hydrogen (secondary N) is 1. The normalized spacial score (nSPS) is 12.9. The molecular weight excluding hydrogens is 446 g/mol. The summed E-state index contributed by atoms with van der Waals surface area (Å²) >= 11 is 0. The van der Waals surface area contributed by atoms with Crippen molar-refractivity contribution < 1.29 is 0 Å². The van der Waals surface area contributed by atoms with Crippen molar-refractivity contribution in [2.75, 3.05) is 5.32 Å². The van der Waals surface area contributed by atoms with Crippen molar-refractivity contribution in [3.8, 4) is 0 Å². The van der Waals surface area contributed by atoms with Crippen LogP contribution in [-0.2, 0) is 0 Å². The first-order valence-corrected chi connectivity index (χ1v) is 12.0. The summed E-state index contributed by atoms with van der Waals surface area (Å²) in [5.74, 6) is 0. The van der Waals surface area contributed by atoms with Gasteiger partial charge in [-0.2, -0.15) is 0 Å². The molecule has 0 aliphatic heterocycles. The van der Waals surface area contributed by atoms with Crippen LogP contribution in [0.3, 0.4) is 0 Å². The zero-order valence-corrected chi connectivity index (χ0v) is 21.4. The van der Waals surface area contributed by atoms with Gasteiger partial charge in [0.2, 0.25) is 0 Å². The van der Waals surface area contributed by atoms with E-state index in [0.717, 1.165) is 39.2 Å². The van der Waals surface area contributed by atoms with E-state index in [1.54, 1.807) is 18.2 Å². The van der Waals surface area contributed by atoms with Crippen LogP contribution in [0.25, 0.3) is 11.6 Å². The summed E-state index contributed by atoms with van der Waals surface area (Å²) < 4.78 is 0. The van der Waals surface area contributed by atoms with Gasteiger partial charge in [-0.15, -0.1) is 0 Å². The van der Waals surface area contributed by atoms with E-state index < -0.39 is 0 Å². The maximum Gasteiger partial charge on any atom is 0.0384 e. The van der Waals surface area contributed by atoms with Crippen LogP contribution in [0.1, 0.15) is 11.1 Å². The van der Waals surface area contributed by atoms with Crippen LogP contribution >= 0.6 is 0 Å². The van der Waals surface area contributed by atoms with Crippen molar-refractivity contribution in [1.29, 1.82) is 0 Å². The zero-order valence-electron chi connectivity index (χ0n) is 21.4. The highest BCUT2D eigenvalue weighted by molar-refractivity contribution is 5.76. The Morgan fingerprint density at radius 2 is 1.16 bits per heavy atom. The molecule has 0 atom stereocenters. The van der Waals surface area contributed by atoms with Gasteiger partial charge in [0.15, 0.2) is 0 Å². The predicted octanol–water partition coefficient (Wildman–Crippen LogP) is 10.3. The van der Waals surface area contributed by atoms with E-state index in [0.29, 0.717) is 0 Å². The number of benzene rings is 2. The molecular formula is C36H35N. The lowest BCUT2D eigenvalue weighted by atomic mass is 10.0. The van der Waals surface area contributed by atoms with Crippen molar-refractivity contribution in [3.05, 3.63) is 195 Å². The van der Waals surface area contributed by atoms with Crippen LogP contribution in [0.5, 0.6) is 0 Å². The molecule has 1 N–H and O–H groups in total. The van der Waals surface area contributed by atoms with Gasteiger partial charge in [0, 0.05) is 11.4 Å². The number of hydrogen-bond donors (Lipinski definition) is 1. The van der Waals surface area contributed by atoms with Gasteiger partial charge in [0.1, 0.15) is 0 Å². The van der Waals surface area contributed by atoms with Crippen molar-refractivity contribution >= 4 is 23.0 Å². The Balaban J connectivity index is 2.03. The monoisotopic (exact) mass is 481 g/mol. The van der Waals surface area contributed by atoms with Crippen LogP contribution < -0.4 is 5.32 Å². The molecule has 0 saturated heterocycles. The van der Waals surface area contributed by atoms with Gasteiger partial charge in [0.25, 0.3) is 0 Å². The predicted molar refractivity (Wildman–Crippen MR) is 168 cm³/mol. The second-order valence-electron chi connectivity index (χ2n) is 7.83. The van der Waals surface area contributed by atoms with Crippen LogP contribution in [-0.4, -0.2) is 0 Å². The van der Waals surface area contributed by atoms with Gasteiger partial charge < -0.3 is 5.32 Å². The fraction of sp³-hybridized carbons (Fsp3) is 0. The van der Waals surface area contributed by atoms with Crippen molar-refractivity contribution in [2.24, 2.45) is 0 Å². The minimum absolute atomic E-state index is 0.999. The molecule has 0 unspecified atom stereocenters. The lowest BCUT2D eigenvalue weighted by Crippen LogP contribution is -1.90. The van der Waals surface area contributed by atoms with Gasteiger partial charge in [-0.3, -0.25) is 0 Å². The quantitative estimate of drug-likeness (QED) is 0.265. The molecule has 0 fully saturated rings. The molecule has 1 heteroatoms. The minimum Gasteiger partial charge on any atom is -0.356 e. The van der Waals surface area contributed by atoms with Crippen LogP contribution in [0.2, 0.25) is 0 Å². The number of anilines is 2. The van der Waals surface area contributed by atoms with Crippen molar-refractivity contribution in [1.82, 2.24) is 0 Å². The first-order chi connectivity index (χ1) is 18.1. The summed E-state index contributed by atoms with van der Waals surface area (Å²) in [6, 6.07) is 16.6. The van der Waals surface area contributed by atoms with E-state index in [2.05, 4.69) is 92.8 Å². The Labute approximate surface area is 223 Å². The molecule has 0 amide bonds. The molecule has 184 valence electrons. The summed E-state index contributed by atoms with van der Waals surface area (Å²) in [7, 11) is 0. The molecule has 0 aromatic heterocycles. The molecule has 0 radical (unpaired) electrons. The topological polar surface area (TPSA) is 12.0 Å². The van der Waals surface area contributed by atoms with Crippen LogP contribution in [0.4, 0.5) is 11.4 Å². The van der Waals surface area contributed by atoms with Gasteiger partial charge in [-0.05, 0) is 52.1 Å². The van der Waals surface area contributed by atoms with E-state index in [9.17, 15) is 0 Å². The molecule has 2 aromatic carbocycles. The third-order valence-electron chi connectivity index (χ3n) is 5.21. The van der Waals surface area contributed by atoms with E-state index in [-0.39, 0.29) is 0 Å². The lowest BCUT2D eigenvalue weighted by Gasteiger charge is -2.08. The minimum atomic E-state index is 0.999. The van der Waals surface area contributed by atoms with Gasteiger partial charge >= 0.3 is 0 Å². The highest BCUT2D eigenvalue weighted by atomic mass is 14.9. The molecule has 0 bridgehead atoms. The molecule has 0 aliphatic rings. The fourth-order valence-corrected chi connectivity index (χ4v) is 3.23. The molecule has 1 nitrogen and oxygen atoms in total. The SMILES string of the molecule is C=C\C=C/C=C/C(C=C)=C/C=C/c1ccc(Nc2ccc(/C(C=C)=C/C=C/C(C=C)=C/C=C)cc2)cc1. The summed E-state index contributed by atoms with van der Waals surface area (Å²) in [6.45, 7) is 19.0. The lowest BCUT2D eigenvalue weighted by molar-refractivity contribution is 1.52. The number of allylic oxidation sites excluding steroid dienone is 18. The second-order valence-corrected chi connectivity index (χ2v) is 7.83. The Kier molecular flexibility index (Phi) is 12.8. The molecule has 0 aliphatic carbocycles. The van der Waals surface area contributed by atoms with Crippen molar-refractivity contribution in [3.63, 3.8) is 0 Å². The standard InChI is InChI=1S/C36H35N/c1-6-11-12-13-17-31(9-4)18-14-20-32-22-26-35(27-23-32)37-36-28-24-34(25-29-36)33(10-5)21-15-19-30(8-3)16-7-2/h6-29,37H,1-5H2/b12-11-,17-13+,19-15+,20-14+,30-16+,31-18+,33-21+. The molecule has 0 heterocycles. The Hall–Kier alpha value is -4.88. The van der Waals surface area contributed by atoms with Gasteiger partial charge in [0.05, 0.1) is 0 Å². The fourth-order valence-electron chi connectivity index (χ4n) is 3.23. The Bertz CT molecular complexity index is 1280. The molecule has 2 aromatic rings. The maximum atomic E-state index is 3.95. The summed E-state index contributed by atoms with van der Waals surface area (Å²) in [5, 5.41) is 3.45. The maximum absolute atomic E-state index is 3.95. The zero-order chi connectivity index (χ0) is 26.7. The van der Waals surface area contributed by atoms with E-state index in [1.807, 2.05) is 72.9 Å². The molecule has 37 heavy (non-hydrogen) atoms.